The molecule has 0 saturated carbocycles. The molecule has 0 amide bonds. The van der Waals surface area contributed by atoms with Crippen molar-refractivity contribution >= 4 is 0 Å². The normalized spacial score (nSPS) is 21.1. The maximum Gasteiger partial charge on any atom is 0.0594 e. The Morgan fingerprint density at radius 3 is 2.44 bits per heavy atom. The van der Waals surface area contributed by atoms with E-state index in [1.807, 2.05) is 0 Å². The summed E-state index contributed by atoms with van der Waals surface area (Å²) in [7, 11) is 0. The molecular formula is C15H22N2O. The maximum absolute atomic E-state index is 5.36. The summed E-state index contributed by atoms with van der Waals surface area (Å²) in [6.45, 7) is 6.22. The second-order valence-corrected chi connectivity index (χ2v) is 5.28. The summed E-state index contributed by atoms with van der Waals surface area (Å²) in [5, 5.41) is 3.69. The number of hydrogen-bond donors (Lipinski definition) is 1. The molecule has 0 spiro atoms. The van der Waals surface area contributed by atoms with Gasteiger partial charge in [-0.2, -0.15) is 0 Å². The zero-order chi connectivity index (χ0) is 12.2. The highest BCUT2D eigenvalue weighted by atomic mass is 16.5. The van der Waals surface area contributed by atoms with Gasteiger partial charge in [0.15, 0.2) is 0 Å². The van der Waals surface area contributed by atoms with Crippen molar-refractivity contribution in [1.29, 1.82) is 0 Å². The summed E-state index contributed by atoms with van der Waals surface area (Å²) in [6, 6.07) is 9.46. The van der Waals surface area contributed by atoms with E-state index < -0.39 is 0 Å². The average molecular weight is 246 g/mol. The van der Waals surface area contributed by atoms with Gasteiger partial charge in [-0.05, 0) is 24.0 Å². The predicted molar refractivity (Wildman–Crippen MR) is 72.9 cm³/mol. The molecule has 1 aliphatic carbocycles. The van der Waals surface area contributed by atoms with Crippen LogP contribution in [-0.4, -0.2) is 50.3 Å². The lowest BCUT2D eigenvalue weighted by Crippen LogP contribution is -2.42. The molecule has 98 valence electrons. The molecule has 2 aliphatic rings. The molecule has 18 heavy (non-hydrogen) atoms. The van der Waals surface area contributed by atoms with Crippen molar-refractivity contribution in [3.63, 3.8) is 0 Å². The number of rotatable bonds is 4. The van der Waals surface area contributed by atoms with Crippen LogP contribution in [0.5, 0.6) is 0 Å². The lowest BCUT2D eigenvalue weighted by molar-refractivity contribution is 0.0381. The van der Waals surface area contributed by atoms with Crippen LogP contribution in [-0.2, 0) is 17.6 Å². The summed E-state index contributed by atoms with van der Waals surface area (Å²) < 4.78 is 5.36. The number of hydrogen-bond acceptors (Lipinski definition) is 3. The fraction of sp³-hybridized carbons (Fsp3) is 0.600. The van der Waals surface area contributed by atoms with Crippen molar-refractivity contribution in [2.45, 2.75) is 18.9 Å². The highest BCUT2D eigenvalue weighted by Crippen LogP contribution is 2.21. The predicted octanol–water partition coefficient (Wildman–Crippen LogP) is 1.08. The minimum atomic E-state index is 0.642. The van der Waals surface area contributed by atoms with Gasteiger partial charge in [0.2, 0.25) is 0 Å². The molecule has 1 fully saturated rings. The first-order chi connectivity index (χ1) is 8.92. The molecule has 3 nitrogen and oxygen atoms in total. The van der Waals surface area contributed by atoms with Gasteiger partial charge in [-0.3, -0.25) is 4.90 Å². The smallest absolute Gasteiger partial charge is 0.0594 e. The van der Waals surface area contributed by atoms with E-state index in [1.165, 1.54) is 24.0 Å². The molecule has 1 aliphatic heterocycles. The third-order valence-corrected chi connectivity index (χ3v) is 4.02. The van der Waals surface area contributed by atoms with E-state index in [1.54, 1.807) is 0 Å². The van der Waals surface area contributed by atoms with Crippen molar-refractivity contribution in [2.24, 2.45) is 0 Å². The van der Waals surface area contributed by atoms with Crippen molar-refractivity contribution in [3.05, 3.63) is 35.4 Å². The molecule has 0 bridgehead atoms. The Kier molecular flexibility index (Phi) is 3.93. The van der Waals surface area contributed by atoms with Gasteiger partial charge >= 0.3 is 0 Å². The number of ether oxygens (including phenoxy) is 1. The van der Waals surface area contributed by atoms with Gasteiger partial charge in [0, 0.05) is 32.2 Å². The van der Waals surface area contributed by atoms with Crippen molar-refractivity contribution in [3.8, 4) is 0 Å². The van der Waals surface area contributed by atoms with Gasteiger partial charge in [0.05, 0.1) is 13.2 Å². The Hall–Kier alpha value is -0.900. The van der Waals surface area contributed by atoms with Crippen LogP contribution >= 0.6 is 0 Å². The van der Waals surface area contributed by atoms with Crippen LogP contribution in [0.2, 0.25) is 0 Å². The topological polar surface area (TPSA) is 24.5 Å². The van der Waals surface area contributed by atoms with Crippen molar-refractivity contribution in [2.75, 3.05) is 39.4 Å². The number of nitrogens with one attached hydrogen (secondary N) is 1. The fourth-order valence-corrected chi connectivity index (χ4v) is 2.95. The standard InChI is InChI=1S/C15H22N2O/c1-2-4-14-12-15(11-13(14)3-1)16-5-6-17-7-9-18-10-8-17/h1-4,15-16H,5-12H2. The number of morpholine rings is 1. The summed E-state index contributed by atoms with van der Waals surface area (Å²) in [5.41, 5.74) is 3.06. The van der Waals surface area contributed by atoms with Crippen molar-refractivity contribution < 1.29 is 4.74 Å². The maximum atomic E-state index is 5.36. The minimum Gasteiger partial charge on any atom is -0.379 e. The highest BCUT2D eigenvalue weighted by molar-refractivity contribution is 5.33. The largest absolute Gasteiger partial charge is 0.379 e. The summed E-state index contributed by atoms with van der Waals surface area (Å²) in [6.07, 6.45) is 2.39. The first-order valence-electron chi connectivity index (χ1n) is 7.02. The van der Waals surface area contributed by atoms with Gasteiger partial charge in [0.25, 0.3) is 0 Å². The van der Waals surface area contributed by atoms with Crippen LogP contribution < -0.4 is 5.32 Å². The zero-order valence-corrected chi connectivity index (χ0v) is 10.9. The Bertz CT molecular complexity index is 363. The van der Waals surface area contributed by atoms with E-state index in [-0.39, 0.29) is 0 Å². The third-order valence-electron chi connectivity index (χ3n) is 4.02. The van der Waals surface area contributed by atoms with E-state index >= 15 is 0 Å². The van der Waals surface area contributed by atoms with E-state index in [0.29, 0.717) is 6.04 Å². The van der Waals surface area contributed by atoms with E-state index in [4.69, 9.17) is 4.74 Å². The number of nitrogens with zero attached hydrogens (tertiary/aromatic N) is 1. The number of benzene rings is 1. The Labute approximate surface area is 109 Å². The summed E-state index contributed by atoms with van der Waals surface area (Å²) in [4.78, 5) is 2.48. The van der Waals surface area contributed by atoms with Crippen LogP contribution in [0.3, 0.4) is 0 Å². The van der Waals surface area contributed by atoms with Crippen LogP contribution in [0.25, 0.3) is 0 Å². The Balaban J connectivity index is 1.40. The van der Waals surface area contributed by atoms with Gasteiger partial charge in [-0.25, -0.2) is 0 Å². The fourth-order valence-electron chi connectivity index (χ4n) is 2.95. The van der Waals surface area contributed by atoms with E-state index in [9.17, 15) is 0 Å². The van der Waals surface area contributed by atoms with Crippen LogP contribution in [0.15, 0.2) is 24.3 Å². The van der Waals surface area contributed by atoms with Gasteiger partial charge < -0.3 is 10.1 Å². The van der Waals surface area contributed by atoms with Gasteiger partial charge in [0.1, 0.15) is 0 Å². The second-order valence-electron chi connectivity index (χ2n) is 5.28. The molecule has 1 aromatic carbocycles. The second kappa shape index (κ2) is 5.83. The van der Waals surface area contributed by atoms with Crippen LogP contribution in [0.1, 0.15) is 11.1 Å². The molecule has 0 radical (unpaired) electrons. The molecule has 0 atom stereocenters. The molecule has 1 heterocycles. The molecule has 3 heteroatoms. The molecule has 1 saturated heterocycles. The summed E-state index contributed by atoms with van der Waals surface area (Å²) >= 11 is 0. The monoisotopic (exact) mass is 246 g/mol. The van der Waals surface area contributed by atoms with Gasteiger partial charge in [-0.15, -0.1) is 0 Å². The average Bonchev–Trinajstić information content (AvgIpc) is 2.82. The Morgan fingerprint density at radius 2 is 1.78 bits per heavy atom. The molecular weight excluding hydrogens is 224 g/mol. The number of fused-ring (bicyclic) bond motifs is 1. The Morgan fingerprint density at radius 1 is 1.11 bits per heavy atom. The summed E-state index contributed by atoms with van der Waals surface area (Å²) in [5.74, 6) is 0. The molecule has 1 aromatic rings. The first-order valence-corrected chi connectivity index (χ1v) is 7.02. The minimum absolute atomic E-state index is 0.642. The lowest BCUT2D eigenvalue weighted by atomic mass is 10.1. The SMILES string of the molecule is c1ccc2c(c1)CC(NCCN1CCOCC1)C2. The highest BCUT2D eigenvalue weighted by Gasteiger charge is 2.20. The lowest BCUT2D eigenvalue weighted by Gasteiger charge is -2.27. The van der Waals surface area contributed by atoms with Crippen LogP contribution in [0.4, 0.5) is 0 Å². The quantitative estimate of drug-likeness (QED) is 0.860. The molecule has 3 rings (SSSR count). The molecule has 0 unspecified atom stereocenters. The molecule has 0 aromatic heterocycles. The molecule has 1 N–H and O–H groups in total. The zero-order valence-electron chi connectivity index (χ0n) is 10.9. The van der Waals surface area contributed by atoms with Gasteiger partial charge in [-0.1, -0.05) is 24.3 Å². The van der Waals surface area contributed by atoms with Crippen molar-refractivity contribution in [1.82, 2.24) is 10.2 Å². The van der Waals surface area contributed by atoms with E-state index in [2.05, 4.69) is 34.5 Å². The first kappa shape index (κ1) is 12.2. The van der Waals surface area contributed by atoms with Crippen LogP contribution in [0, 0.1) is 0 Å². The third kappa shape index (κ3) is 2.91. The van der Waals surface area contributed by atoms with E-state index in [0.717, 1.165) is 39.4 Å².